The Morgan fingerprint density at radius 1 is 1.09 bits per heavy atom. The number of carbonyl (C=O) groups is 2. The predicted molar refractivity (Wildman–Crippen MR) is 137 cm³/mol. The molecule has 0 saturated carbocycles. The molecule has 0 aliphatic rings. The highest BCUT2D eigenvalue weighted by atomic mass is 32.1. The maximum absolute atomic E-state index is 12.8. The Labute approximate surface area is 206 Å². The Morgan fingerprint density at radius 2 is 1.80 bits per heavy atom. The summed E-state index contributed by atoms with van der Waals surface area (Å²) in [6.07, 6.45) is 1.63. The van der Waals surface area contributed by atoms with Crippen molar-refractivity contribution < 1.29 is 14.3 Å². The molecule has 8 heteroatoms. The first-order valence-corrected chi connectivity index (χ1v) is 11.7. The van der Waals surface area contributed by atoms with Crippen molar-refractivity contribution in [2.24, 2.45) is 0 Å². The Hall–Kier alpha value is -4.22. The maximum atomic E-state index is 12.8. The summed E-state index contributed by atoms with van der Waals surface area (Å²) in [4.78, 5) is 43.2. The number of carbonyl (C=O) groups excluding carboxylic acids is 2. The molecule has 176 valence electrons. The molecule has 0 bridgehead atoms. The van der Waals surface area contributed by atoms with Gasteiger partial charge in [-0.15, -0.1) is 11.3 Å². The van der Waals surface area contributed by atoms with E-state index < -0.39 is 5.97 Å². The van der Waals surface area contributed by atoms with E-state index in [1.54, 1.807) is 42.5 Å². The van der Waals surface area contributed by atoms with Crippen LogP contribution < -0.4 is 10.9 Å². The highest BCUT2D eigenvalue weighted by molar-refractivity contribution is 7.18. The molecule has 2 heterocycles. The maximum Gasteiger partial charge on any atom is 0.337 e. The Kier molecular flexibility index (Phi) is 7.09. The molecule has 0 atom stereocenters. The molecule has 0 unspecified atom stereocenters. The van der Waals surface area contributed by atoms with E-state index in [2.05, 4.69) is 22.1 Å². The van der Waals surface area contributed by atoms with E-state index in [0.717, 1.165) is 15.3 Å². The molecule has 4 aromatic rings. The summed E-state index contributed by atoms with van der Waals surface area (Å²) >= 11 is 1.50. The third kappa shape index (κ3) is 5.48. The van der Waals surface area contributed by atoms with Gasteiger partial charge in [-0.3, -0.25) is 14.2 Å². The first kappa shape index (κ1) is 23.9. The van der Waals surface area contributed by atoms with Crippen LogP contribution in [0.25, 0.3) is 10.2 Å². The van der Waals surface area contributed by atoms with Crippen molar-refractivity contribution in [2.75, 3.05) is 12.4 Å². The minimum absolute atomic E-state index is 0.127. The molecule has 0 spiro atoms. The Balaban J connectivity index is 1.42. The lowest BCUT2D eigenvalue weighted by Crippen LogP contribution is -2.23. The van der Waals surface area contributed by atoms with E-state index in [1.165, 1.54) is 29.3 Å². The number of benzene rings is 2. The van der Waals surface area contributed by atoms with Crippen molar-refractivity contribution in [3.05, 3.63) is 92.3 Å². The quantitative estimate of drug-likeness (QED) is 0.336. The third-order valence-electron chi connectivity index (χ3n) is 5.52. The Morgan fingerprint density at radius 3 is 2.54 bits per heavy atom. The van der Waals surface area contributed by atoms with Crippen LogP contribution in [-0.4, -0.2) is 28.5 Å². The number of hydrogen-bond donors (Lipinski definition) is 1. The van der Waals surface area contributed by atoms with Gasteiger partial charge in [0.25, 0.3) is 5.56 Å². The fraction of sp³-hybridized carbons (Fsp3) is 0.185. The number of fused-ring (bicyclic) bond motifs is 1. The van der Waals surface area contributed by atoms with Crippen LogP contribution in [0.5, 0.6) is 0 Å². The number of aromatic nitrogens is 2. The average molecular weight is 486 g/mol. The summed E-state index contributed by atoms with van der Waals surface area (Å²) in [5.41, 5.74) is 3.23. The number of hydrogen-bond acceptors (Lipinski definition) is 6. The molecule has 0 aliphatic heterocycles. The van der Waals surface area contributed by atoms with Gasteiger partial charge in [-0.25, -0.2) is 9.78 Å². The number of esters is 1. The largest absolute Gasteiger partial charge is 0.465 e. The van der Waals surface area contributed by atoms with Gasteiger partial charge in [0.15, 0.2) is 0 Å². The van der Waals surface area contributed by atoms with Gasteiger partial charge < -0.3 is 10.1 Å². The van der Waals surface area contributed by atoms with Crippen LogP contribution in [0, 0.1) is 25.7 Å². The third-order valence-corrected chi connectivity index (χ3v) is 6.63. The number of amides is 1. The average Bonchev–Trinajstić information content (AvgIpc) is 3.16. The van der Waals surface area contributed by atoms with Crippen LogP contribution in [0.15, 0.2) is 59.7 Å². The summed E-state index contributed by atoms with van der Waals surface area (Å²) in [6.45, 7) is 4.12. The molecular weight excluding hydrogens is 462 g/mol. The summed E-state index contributed by atoms with van der Waals surface area (Å²) in [5.74, 6) is 5.43. The van der Waals surface area contributed by atoms with E-state index in [1.807, 2.05) is 19.9 Å². The van der Waals surface area contributed by atoms with Gasteiger partial charge in [0.2, 0.25) is 5.91 Å². The lowest BCUT2D eigenvalue weighted by molar-refractivity contribution is -0.116. The molecule has 1 amide bonds. The van der Waals surface area contributed by atoms with Gasteiger partial charge >= 0.3 is 5.97 Å². The van der Waals surface area contributed by atoms with E-state index >= 15 is 0 Å². The fourth-order valence-electron chi connectivity index (χ4n) is 3.54. The molecule has 0 radical (unpaired) electrons. The van der Waals surface area contributed by atoms with Crippen LogP contribution in [-0.2, 0) is 16.1 Å². The lowest BCUT2D eigenvalue weighted by atomic mass is 10.1. The van der Waals surface area contributed by atoms with E-state index in [4.69, 9.17) is 4.74 Å². The molecule has 2 aromatic carbocycles. The van der Waals surface area contributed by atoms with Gasteiger partial charge in [0.05, 0.1) is 24.4 Å². The standard InChI is InChI=1S/C27H23N3O4S/c1-17-18(2)35-25-24(17)26(32)30(16-28-25)13-12-23(31)29-22-9-5-7-20(15-22)11-10-19-6-4-8-21(14-19)27(33)34-3/h4-9,14-16H,12-13H2,1-3H3,(H,29,31). The van der Waals surface area contributed by atoms with Crippen molar-refractivity contribution in [3.63, 3.8) is 0 Å². The number of thiophene rings is 1. The van der Waals surface area contributed by atoms with E-state index in [9.17, 15) is 14.4 Å². The normalized spacial score (nSPS) is 10.5. The van der Waals surface area contributed by atoms with Crippen LogP contribution in [0.2, 0.25) is 0 Å². The summed E-state index contributed by atoms with van der Waals surface area (Å²) in [5, 5.41) is 3.48. The molecule has 4 rings (SSSR count). The van der Waals surface area contributed by atoms with Gasteiger partial charge in [-0.1, -0.05) is 24.0 Å². The second-order valence-corrected chi connectivity index (χ2v) is 9.11. The Bertz CT molecular complexity index is 1560. The number of nitrogens with zero attached hydrogens (tertiary/aromatic N) is 2. The van der Waals surface area contributed by atoms with Crippen molar-refractivity contribution in [1.29, 1.82) is 0 Å². The second kappa shape index (κ2) is 10.4. The van der Waals surface area contributed by atoms with Gasteiger partial charge in [0, 0.05) is 34.7 Å². The van der Waals surface area contributed by atoms with Gasteiger partial charge in [0.1, 0.15) is 4.83 Å². The molecule has 0 saturated heterocycles. The van der Waals surface area contributed by atoms with Crippen LogP contribution >= 0.6 is 11.3 Å². The molecule has 0 aliphatic carbocycles. The van der Waals surface area contributed by atoms with Gasteiger partial charge in [-0.2, -0.15) is 0 Å². The monoisotopic (exact) mass is 485 g/mol. The highest BCUT2D eigenvalue weighted by Gasteiger charge is 2.13. The molecular formula is C27H23N3O4S. The predicted octanol–water partition coefficient (Wildman–Crippen LogP) is 4.29. The van der Waals surface area contributed by atoms with Crippen LogP contribution in [0.1, 0.15) is 38.3 Å². The zero-order chi connectivity index (χ0) is 24.9. The van der Waals surface area contributed by atoms with Crippen molar-refractivity contribution in [1.82, 2.24) is 9.55 Å². The highest BCUT2D eigenvalue weighted by Crippen LogP contribution is 2.25. The molecule has 35 heavy (non-hydrogen) atoms. The summed E-state index contributed by atoms with van der Waals surface area (Å²) in [7, 11) is 1.33. The number of ether oxygens (including phenoxy) is 1. The van der Waals surface area contributed by atoms with Crippen LogP contribution in [0.4, 0.5) is 5.69 Å². The zero-order valence-corrected chi connectivity index (χ0v) is 20.4. The van der Waals surface area contributed by atoms with Crippen molar-refractivity contribution in [2.45, 2.75) is 26.8 Å². The van der Waals surface area contributed by atoms with Gasteiger partial charge in [-0.05, 0) is 55.8 Å². The molecule has 0 fully saturated rings. The number of anilines is 1. The van der Waals surface area contributed by atoms with E-state index in [0.29, 0.717) is 27.8 Å². The minimum atomic E-state index is -0.420. The van der Waals surface area contributed by atoms with E-state index in [-0.39, 0.29) is 24.4 Å². The van der Waals surface area contributed by atoms with Crippen molar-refractivity contribution in [3.8, 4) is 11.8 Å². The topological polar surface area (TPSA) is 90.3 Å². The number of methoxy groups -OCH3 is 1. The van der Waals surface area contributed by atoms with Crippen molar-refractivity contribution >= 4 is 39.1 Å². The second-order valence-electron chi connectivity index (χ2n) is 7.91. The fourth-order valence-corrected chi connectivity index (χ4v) is 4.52. The summed E-state index contributed by atoms with van der Waals surface area (Å²) < 4.78 is 6.21. The first-order valence-electron chi connectivity index (χ1n) is 10.9. The minimum Gasteiger partial charge on any atom is -0.465 e. The number of aryl methyl sites for hydroxylation is 3. The summed E-state index contributed by atoms with van der Waals surface area (Å²) in [6, 6.07) is 14.1. The molecule has 7 nitrogen and oxygen atoms in total. The first-order chi connectivity index (χ1) is 16.9. The lowest BCUT2D eigenvalue weighted by Gasteiger charge is -2.07. The molecule has 2 aromatic heterocycles. The SMILES string of the molecule is COC(=O)c1cccc(C#Cc2cccc(NC(=O)CCn3cnc4sc(C)c(C)c4c3=O)c2)c1. The van der Waals surface area contributed by atoms with Crippen LogP contribution in [0.3, 0.4) is 0 Å². The zero-order valence-electron chi connectivity index (χ0n) is 19.5. The number of rotatable bonds is 5. The smallest absolute Gasteiger partial charge is 0.337 e. The molecule has 1 N–H and O–H groups in total. The number of nitrogens with one attached hydrogen (secondary N) is 1.